The molecular weight excluding hydrogens is 336 g/mol. The van der Waals surface area contributed by atoms with Crippen LogP contribution in [0.4, 0.5) is 11.4 Å². The fourth-order valence-electron chi connectivity index (χ4n) is 2.60. The van der Waals surface area contributed by atoms with Crippen LogP contribution in [-0.4, -0.2) is 20.9 Å². The molecule has 1 saturated carbocycles. The van der Waals surface area contributed by atoms with E-state index in [0.29, 0.717) is 27.3 Å². The Labute approximate surface area is 137 Å². The average Bonchev–Trinajstić information content (AvgIpc) is 3.24. The summed E-state index contributed by atoms with van der Waals surface area (Å²) in [4.78, 5) is 11.5. The molecule has 2 N–H and O–H groups in total. The number of hydrogen-bond acceptors (Lipinski definition) is 5. The van der Waals surface area contributed by atoms with Crippen molar-refractivity contribution in [3.05, 3.63) is 35.2 Å². The zero-order chi connectivity index (χ0) is 16.0. The largest absolute Gasteiger partial charge is 0.481 e. The summed E-state index contributed by atoms with van der Waals surface area (Å²) in [6.45, 7) is -0.0695. The van der Waals surface area contributed by atoms with Gasteiger partial charge in [0.05, 0.1) is 5.69 Å². The Kier molecular flexibility index (Phi) is 3.31. The molecule has 2 aliphatic rings. The van der Waals surface area contributed by atoms with Crippen molar-refractivity contribution in [3.8, 4) is 5.75 Å². The standard InChI is InChI=1S/C15H14N2O4S2/c18-13-8-21-12-3-1-2-11(14(12)16-13)17-23(19,20)15-10(6-7-22-15)9-4-5-9/h1-3,6-7,9,17H,4-5,8H2,(H,16,18). The third-order valence-corrected chi connectivity index (χ3v) is 6.69. The zero-order valence-electron chi connectivity index (χ0n) is 12.0. The highest BCUT2D eigenvalue weighted by molar-refractivity contribution is 7.94. The van der Waals surface area contributed by atoms with Gasteiger partial charge in [-0.05, 0) is 47.9 Å². The van der Waals surface area contributed by atoms with Crippen LogP contribution in [0.15, 0.2) is 33.9 Å². The molecule has 1 aromatic carbocycles. The molecule has 23 heavy (non-hydrogen) atoms. The first-order valence-corrected chi connectivity index (χ1v) is 9.57. The Morgan fingerprint density at radius 1 is 1.26 bits per heavy atom. The number of carbonyl (C=O) groups is 1. The summed E-state index contributed by atoms with van der Waals surface area (Å²) in [5.41, 5.74) is 1.55. The number of rotatable bonds is 4. The van der Waals surface area contributed by atoms with E-state index < -0.39 is 10.0 Å². The van der Waals surface area contributed by atoms with Gasteiger partial charge in [0.25, 0.3) is 15.9 Å². The molecule has 1 aliphatic heterocycles. The molecule has 0 bridgehead atoms. The number of benzene rings is 1. The van der Waals surface area contributed by atoms with Crippen LogP contribution in [0, 0.1) is 0 Å². The van der Waals surface area contributed by atoms with Gasteiger partial charge in [-0.3, -0.25) is 9.52 Å². The normalized spacial score (nSPS) is 17.1. The van der Waals surface area contributed by atoms with Gasteiger partial charge in [0.1, 0.15) is 15.6 Å². The van der Waals surface area contributed by atoms with Gasteiger partial charge in [0.15, 0.2) is 6.61 Å². The average molecular weight is 350 g/mol. The highest BCUT2D eigenvalue weighted by Crippen LogP contribution is 2.45. The van der Waals surface area contributed by atoms with E-state index >= 15 is 0 Å². The number of anilines is 2. The first-order valence-electron chi connectivity index (χ1n) is 7.20. The molecule has 1 fully saturated rings. The van der Waals surface area contributed by atoms with Crippen molar-refractivity contribution in [2.24, 2.45) is 0 Å². The summed E-state index contributed by atoms with van der Waals surface area (Å²) in [6.07, 6.45) is 2.06. The monoisotopic (exact) mass is 350 g/mol. The van der Waals surface area contributed by atoms with E-state index in [4.69, 9.17) is 4.74 Å². The van der Waals surface area contributed by atoms with Gasteiger partial charge in [-0.15, -0.1) is 11.3 Å². The molecule has 6 nitrogen and oxygen atoms in total. The summed E-state index contributed by atoms with van der Waals surface area (Å²) in [7, 11) is -3.69. The van der Waals surface area contributed by atoms with E-state index in [1.807, 2.05) is 6.07 Å². The van der Waals surface area contributed by atoms with Gasteiger partial charge in [-0.25, -0.2) is 8.42 Å². The van der Waals surface area contributed by atoms with Gasteiger partial charge in [0.2, 0.25) is 0 Å². The van der Waals surface area contributed by atoms with E-state index in [1.54, 1.807) is 23.6 Å². The summed E-state index contributed by atoms with van der Waals surface area (Å²) in [5, 5.41) is 4.46. The Balaban J connectivity index is 1.70. The first kappa shape index (κ1) is 14.5. The highest BCUT2D eigenvalue weighted by Gasteiger charge is 2.32. The van der Waals surface area contributed by atoms with Crippen molar-refractivity contribution in [2.75, 3.05) is 16.6 Å². The van der Waals surface area contributed by atoms with E-state index in [2.05, 4.69) is 10.0 Å². The van der Waals surface area contributed by atoms with Crippen LogP contribution in [0.25, 0.3) is 0 Å². The maximum absolute atomic E-state index is 12.7. The topological polar surface area (TPSA) is 84.5 Å². The molecule has 2 heterocycles. The van der Waals surface area contributed by atoms with Crippen LogP contribution in [0.2, 0.25) is 0 Å². The third kappa shape index (κ3) is 2.68. The molecule has 1 amide bonds. The van der Waals surface area contributed by atoms with Crippen molar-refractivity contribution in [1.82, 2.24) is 0 Å². The molecule has 8 heteroatoms. The van der Waals surface area contributed by atoms with Crippen LogP contribution in [-0.2, 0) is 14.8 Å². The fraction of sp³-hybridized carbons (Fsp3) is 0.267. The molecule has 2 aromatic rings. The SMILES string of the molecule is O=C1COc2cccc(NS(=O)(=O)c3sccc3C3CC3)c2N1. The predicted molar refractivity (Wildman–Crippen MR) is 87.7 cm³/mol. The number of amides is 1. The van der Waals surface area contributed by atoms with Gasteiger partial charge < -0.3 is 10.1 Å². The van der Waals surface area contributed by atoms with Crippen LogP contribution >= 0.6 is 11.3 Å². The number of hydrogen-bond donors (Lipinski definition) is 2. The van der Waals surface area contributed by atoms with Crippen molar-refractivity contribution < 1.29 is 17.9 Å². The lowest BCUT2D eigenvalue weighted by Crippen LogP contribution is -2.26. The fourth-order valence-corrected chi connectivity index (χ4v) is 5.20. The zero-order valence-corrected chi connectivity index (χ0v) is 13.7. The summed E-state index contributed by atoms with van der Waals surface area (Å²) in [5.74, 6) is 0.498. The molecule has 0 unspecified atom stereocenters. The molecule has 4 rings (SSSR count). The van der Waals surface area contributed by atoms with Gasteiger partial charge in [-0.2, -0.15) is 0 Å². The van der Waals surface area contributed by atoms with Gasteiger partial charge in [-0.1, -0.05) is 6.07 Å². The Bertz CT molecular complexity index is 885. The number of nitrogens with one attached hydrogen (secondary N) is 2. The van der Waals surface area contributed by atoms with Crippen LogP contribution in [0.3, 0.4) is 0 Å². The molecule has 0 spiro atoms. The number of para-hydroxylation sites is 1. The molecule has 0 saturated heterocycles. The second-order valence-electron chi connectivity index (χ2n) is 5.56. The van der Waals surface area contributed by atoms with E-state index in [0.717, 1.165) is 18.4 Å². The minimum absolute atomic E-state index is 0.0695. The van der Waals surface area contributed by atoms with Crippen molar-refractivity contribution >= 4 is 38.6 Å². The van der Waals surface area contributed by atoms with Crippen molar-refractivity contribution in [1.29, 1.82) is 0 Å². The minimum Gasteiger partial charge on any atom is -0.481 e. The molecule has 0 radical (unpaired) electrons. The molecule has 0 atom stereocenters. The van der Waals surface area contributed by atoms with E-state index in [-0.39, 0.29) is 12.5 Å². The predicted octanol–water partition coefficient (Wildman–Crippen LogP) is 2.76. The highest BCUT2D eigenvalue weighted by atomic mass is 32.2. The van der Waals surface area contributed by atoms with Gasteiger partial charge >= 0.3 is 0 Å². The van der Waals surface area contributed by atoms with E-state index in [9.17, 15) is 13.2 Å². The number of carbonyl (C=O) groups excluding carboxylic acids is 1. The molecular formula is C15H14N2O4S2. The van der Waals surface area contributed by atoms with Crippen molar-refractivity contribution in [2.45, 2.75) is 23.0 Å². The lowest BCUT2D eigenvalue weighted by molar-refractivity contribution is -0.118. The lowest BCUT2D eigenvalue weighted by atomic mass is 10.2. The number of ether oxygens (including phenoxy) is 1. The molecule has 1 aliphatic carbocycles. The quantitative estimate of drug-likeness (QED) is 0.888. The molecule has 120 valence electrons. The maximum atomic E-state index is 12.7. The van der Waals surface area contributed by atoms with Crippen molar-refractivity contribution in [3.63, 3.8) is 0 Å². The maximum Gasteiger partial charge on any atom is 0.271 e. The smallest absolute Gasteiger partial charge is 0.271 e. The minimum atomic E-state index is -3.69. The second-order valence-corrected chi connectivity index (χ2v) is 8.35. The van der Waals surface area contributed by atoms with E-state index in [1.165, 1.54) is 11.3 Å². The third-order valence-electron chi connectivity index (χ3n) is 3.81. The van der Waals surface area contributed by atoms with Crippen LogP contribution in [0.1, 0.15) is 24.3 Å². The number of sulfonamides is 1. The Hall–Kier alpha value is -2.06. The summed E-state index contributed by atoms with van der Waals surface area (Å²) >= 11 is 1.21. The second kappa shape index (κ2) is 5.24. The molecule has 1 aromatic heterocycles. The van der Waals surface area contributed by atoms with Gasteiger partial charge in [0, 0.05) is 0 Å². The van der Waals surface area contributed by atoms with Crippen LogP contribution < -0.4 is 14.8 Å². The van der Waals surface area contributed by atoms with Crippen LogP contribution in [0.5, 0.6) is 5.75 Å². The summed E-state index contributed by atoms with van der Waals surface area (Å²) in [6, 6.07) is 6.86. The summed E-state index contributed by atoms with van der Waals surface area (Å²) < 4.78 is 33.7. The Morgan fingerprint density at radius 3 is 2.87 bits per heavy atom. The lowest BCUT2D eigenvalue weighted by Gasteiger charge is -2.21. The number of thiophene rings is 1. The Morgan fingerprint density at radius 2 is 2.09 bits per heavy atom. The number of fused-ring (bicyclic) bond motifs is 1. The first-order chi connectivity index (χ1) is 11.0.